The van der Waals surface area contributed by atoms with Crippen LogP contribution in [0.25, 0.3) is 0 Å². The highest BCUT2D eigenvalue weighted by Crippen LogP contribution is 2.69. The van der Waals surface area contributed by atoms with Gasteiger partial charge in [0.2, 0.25) is 0 Å². The van der Waals surface area contributed by atoms with Crippen LogP contribution in [-0.4, -0.2) is 11.2 Å². The van der Waals surface area contributed by atoms with Crippen molar-refractivity contribution in [3.05, 3.63) is 23.3 Å². The van der Waals surface area contributed by atoms with Gasteiger partial charge in [-0.1, -0.05) is 137 Å². The van der Waals surface area contributed by atoms with E-state index < -0.39 is 0 Å². The van der Waals surface area contributed by atoms with E-state index in [-0.39, 0.29) is 6.10 Å². The van der Waals surface area contributed by atoms with E-state index in [0.717, 1.165) is 83.9 Å². The second-order valence-corrected chi connectivity index (χ2v) is 24.2. The van der Waals surface area contributed by atoms with E-state index in [9.17, 15) is 5.11 Å². The van der Waals surface area contributed by atoms with Gasteiger partial charge in [0, 0.05) is 0 Å². The second kappa shape index (κ2) is 16.8. The molecule has 1 heteroatoms. The predicted octanol–water partition coefficient (Wildman–Crippen LogP) is 15.8. The van der Waals surface area contributed by atoms with Gasteiger partial charge < -0.3 is 5.11 Å². The van der Waals surface area contributed by atoms with Gasteiger partial charge in [-0.15, -0.1) is 0 Å². The summed E-state index contributed by atoms with van der Waals surface area (Å²) in [6, 6.07) is 0. The number of hydrogen-bond acceptors (Lipinski definition) is 1. The zero-order valence-electron chi connectivity index (χ0n) is 38.4. The molecule has 0 aliphatic heterocycles. The Morgan fingerprint density at radius 1 is 0.545 bits per heavy atom. The maximum Gasteiger partial charge on any atom is 0.0577 e. The van der Waals surface area contributed by atoms with Gasteiger partial charge in [-0.25, -0.2) is 0 Å². The molecule has 15 atom stereocenters. The van der Waals surface area contributed by atoms with Crippen molar-refractivity contribution in [1.82, 2.24) is 0 Å². The Kier molecular flexibility index (Phi) is 13.0. The van der Waals surface area contributed by atoms with Gasteiger partial charge in [0.25, 0.3) is 0 Å². The first-order valence-electron chi connectivity index (χ1n) is 25.2. The fraction of sp³-hybridized carbons (Fsp3) is 0.926. The maximum absolute atomic E-state index is 10.2. The van der Waals surface area contributed by atoms with Gasteiger partial charge in [0.1, 0.15) is 0 Å². The summed E-state index contributed by atoms with van der Waals surface area (Å²) < 4.78 is 0. The summed E-state index contributed by atoms with van der Waals surface area (Å²) in [4.78, 5) is 0. The molecule has 0 aromatic carbocycles. The molecule has 8 aliphatic carbocycles. The zero-order valence-corrected chi connectivity index (χ0v) is 38.4. The lowest BCUT2D eigenvalue weighted by Crippen LogP contribution is -2.50. The Bertz CT molecular complexity index is 1350. The van der Waals surface area contributed by atoms with Crippen molar-refractivity contribution >= 4 is 0 Å². The molecule has 0 heterocycles. The van der Waals surface area contributed by atoms with Gasteiger partial charge in [-0.05, 0) is 195 Å². The summed E-state index contributed by atoms with van der Waals surface area (Å²) in [5.74, 6) is 11.3. The van der Waals surface area contributed by atoms with E-state index >= 15 is 0 Å². The summed E-state index contributed by atoms with van der Waals surface area (Å²) in [6.45, 7) is 25.3. The van der Waals surface area contributed by atoms with Crippen LogP contribution in [0.4, 0.5) is 0 Å². The highest BCUT2D eigenvalue weighted by Gasteiger charge is 2.60. The summed E-state index contributed by atoms with van der Waals surface area (Å²) in [6.07, 6.45) is 37.6. The first kappa shape index (κ1) is 42.6. The molecule has 55 heavy (non-hydrogen) atoms. The minimum atomic E-state index is -0.0766. The minimum absolute atomic E-state index is 0.0766. The SMILES string of the molecule is CC(C)CCCC(C)[C@H]1CC[C@H]2[C@@H]3CC=C4CCCC[C@]4(C)[C@H]3CC[C@]12C.CC(C)CCCC(C)[C@H]1CC[C@H]2[C@@H]3CC=C4C[C@@H](O)CC[C@]4(C)[C@H]3CC[C@]12C. The van der Waals surface area contributed by atoms with Gasteiger partial charge >= 0.3 is 0 Å². The topological polar surface area (TPSA) is 20.2 Å². The standard InChI is InChI=1S/C27H46O.C27H46/c1-18(2)7-6-8-19(3)23-11-12-24-22-10-9-20-17-21(28)13-15-26(20,4)25(22)14-16-27(23,24)5;1-19(2)9-8-10-20(3)23-14-15-24-22-13-12-21-11-6-7-17-26(21,4)25(22)16-18-27(23,24)5/h9,18-19,21-25,28H,6-8,10-17H2,1-5H3;12,19-20,22-25H,6-11,13-18H2,1-5H3/t19?,21-,22-,23+,24-,25-,26-,27+;20?,22-,23+,24-,25-,26-,27+/m00/s1. The first-order valence-corrected chi connectivity index (χ1v) is 25.2. The summed E-state index contributed by atoms with van der Waals surface area (Å²) >= 11 is 0. The van der Waals surface area contributed by atoms with Crippen LogP contribution in [0.15, 0.2) is 23.3 Å². The fourth-order valence-electron chi connectivity index (χ4n) is 17.4. The average molecular weight is 757 g/mol. The Morgan fingerprint density at radius 2 is 1.04 bits per heavy atom. The molecule has 0 aromatic rings. The molecule has 0 saturated heterocycles. The third-order valence-corrected chi connectivity index (χ3v) is 20.5. The Labute approximate surface area is 342 Å². The van der Waals surface area contributed by atoms with Crippen molar-refractivity contribution in [1.29, 1.82) is 0 Å². The molecule has 0 amide bonds. The quantitative estimate of drug-likeness (QED) is 0.220. The average Bonchev–Trinajstić information content (AvgIpc) is 3.68. The molecule has 6 fully saturated rings. The molecule has 0 radical (unpaired) electrons. The largest absolute Gasteiger partial charge is 0.393 e. The Balaban J connectivity index is 0.000000169. The third-order valence-electron chi connectivity index (χ3n) is 20.5. The van der Waals surface area contributed by atoms with Gasteiger partial charge in [0.05, 0.1) is 6.10 Å². The normalized spacial score (nSPS) is 45.8. The van der Waals surface area contributed by atoms with Gasteiger partial charge in [-0.2, -0.15) is 0 Å². The molecule has 2 unspecified atom stereocenters. The van der Waals surface area contributed by atoms with Crippen LogP contribution in [0.3, 0.4) is 0 Å². The molecule has 1 nitrogen and oxygen atoms in total. The highest BCUT2D eigenvalue weighted by molar-refractivity contribution is 5.26. The monoisotopic (exact) mass is 757 g/mol. The second-order valence-electron chi connectivity index (χ2n) is 24.2. The van der Waals surface area contributed by atoms with E-state index in [4.69, 9.17) is 0 Å². The number of aliphatic hydroxyl groups is 1. The molecule has 8 rings (SSSR count). The Morgan fingerprint density at radius 3 is 1.55 bits per heavy atom. The first-order chi connectivity index (χ1) is 26.1. The van der Waals surface area contributed by atoms with E-state index in [1.54, 1.807) is 5.57 Å². The Hall–Kier alpha value is -0.560. The van der Waals surface area contributed by atoms with E-state index in [2.05, 4.69) is 81.4 Å². The van der Waals surface area contributed by atoms with E-state index in [0.29, 0.717) is 21.7 Å². The van der Waals surface area contributed by atoms with Crippen LogP contribution in [0, 0.1) is 92.7 Å². The number of aliphatic hydroxyl groups excluding tert-OH is 1. The van der Waals surface area contributed by atoms with Crippen molar-refractivity contribution in [2.45, 2.75) is 223 Å². The van der Waals surface area contributed by atoms with Crippen molar-refractivity contribution in [3.63, 3.8) is 0 Å². The van der Waals surface area contributed by atoms with Crippen molar-refractivity contribution in [2.75, 3.05) is 0 Å². The zero-order chi connectivity index (χ0) is 39.3. The van der Waals surface area contributed by atoms with E-state index in [1.165, 1.54) is 135 Å². The summed E-state index contributed by atoms with van der Waals surface area (Å²) in [7, 11) is 0. The van der Waals surface area contributed by atoms with Gasteiger partial charge in [-0.3, -0.25) is 0 Å². The molecule has 6 saturated carbocycles. The predicted molar refractivity (Wildman–Crippen MR) is 237 cm³/mol. The smallest absolute Gasteiger partial charge is 0.0577 e. The lowest BCUT2D eigenvalue weighted by molar-refractivity contribution is -0.0573. The number of fused-ring (bicyclic) bond motifs is 10. The van der Waals surface area contributed by atoms with E-state index in [1.807, 2.05) is 5.57 Å². The molecular formula is C54H92O. The van der Waals surface area contributed by atoms with Crippen molar-refractivity contribution < 1.29 is 5.11 Å². The van der Waals surface area contributed by atoms with Crippen LogP contribution in [0.2, 0.25) is 0 Å². The fourth-order valence-corrected chi connectivity index (χ4v) is 17.4. The van der Waals surface area contributed by atoms with Crippen LogP contribution < -0.4 is 0 Å². The van der Waals surface area contributed by atoms with Crippen molar-refractivity contribution in [2.24, 2.45) is 92.7 Å². The number of rotatable bonds is 10. The lowest BCUT2D eigenvalue weighted by Gasteiger charge is -2.58. The number of hydrogen-bond donors (Lipinski definition) is 1. The molecule has 314 valence electrons. The molecule has 8 aliphatic rings. The molecule has 1 N–H and O–H groups in total. The van der Waals surface area contributed by atoms with Crippen molar-refractivity contribution in [3.8, 4) is 0 Å². The maximum atomic E-state index is 10.2. The van der Waals surface area contributed by atoms with Crippen LogP contribution in [0.1, 0.15) is 217 Å². The summed E-state index contributed by atoms with van der Waals surface area (Å²) in [5, 5.41) is 10.2. The molecule has 0 aromatic heterocycles. The van der Waals surface area contributed by atoms with Gasteiger partial charge in [0.15, 0.2) is 0 Å². The van der Waals surface area contributed by atoms with Crippen LogP contribution in [-0.2, 0) is 0 Å². The lowest BCUT2D eigenvalue weighted by atomic mass is 9.47. The molecule has 0 bridgehead atoms. The number of allylic oxidation sites excluding steroid dienone is 3. The van der Waals surface area contributed by atoms with Crippen LogP contribution >= 0.6 is 0 Å². The highest BCUT2D eigenvalue weighted by atomic mass is 16.3. The third kappa shape index (κ3) is 7.94. The minimum Gasteiger partial charge on any atom is -0.393 e. The molecular weight excluding hydrogens is 665 g/mol. The van der Waals surface area contributed by atoms with Crippen LogP contribution in [0.5, 0.6) is 0 Å². The summed E-state index contributed by atoms with van der Waals surface area (Å²) in [5.41, 5.74) is 5.69. The molecule has 0 spiro atoms.